The van der Waals surface area contributed by atoms with Gasteiger partial charge >= 0.3 is 0 Å². The Morgan fingerprint density at radius 2 is 2.14 bits per heavy atom. The van der Waals surface area contributed by atoms with Crippen molar-refractivity contribution in [2.75, 3.05) is 6.61 Å². The van der Waals surface area contributed by atoms with E-state index in [1.165, 1.54) is 0 Å². The minimum atomic E-state index is 0.150. The summed E-state index contributed by atoms with van der Waals surface area (Å²) in [7, 11) is 0. The van der Waals surface area contributed by atoms with Crippen molar-refractivity contribution in [3.8, 4) is 0 Å². The van der Waals surface area contributed by atoms with Gasteiger partial charge in [-0.2, -0.15) is 0 Å². The molecule has 0 saturated heterocycles. The third-order valence-electron chi connectivity index (χ3n) is 2.07. The molecule has 0 fully saturated rings. The Morgan fingerprint density at radius 1 is 1.43 bits per heavy atom. The molecular weight excluding hydrogens is 242 g/mol. The van der Waals surface area contributed by atoms with Gasteiger partial charge in [0.2, 0.25) is 0 Å². The second-order valence-corrected chi connectivity index (χ2v) is 4.13. The first kappa shape index (κ1) is 11.7. The van der Waals surface area contributed by atoms with Crippen LogP contribution in [0.1, 0.15) is 18.9 Å². The lowest BCUT2D eigenvalue weighted by molar-refractivity contribution is 0.106. The van der Waals surface area contributed by atoms with E-state index >= 15 is 0 Å². The Balaban J connectivity index is 2.35. The number of hydrogen-bond donors (Lipinski definition) is 1. The summed E-state index contributed by atoms with van der Waals surface area (Å²) < 4.78 is 6.59. The van der Waals surface area contributed by atoms with Crippen LogP contribution in [0.15, 0.2) is 28.7 Å². The fourth-order valence-electron chi connectivity index (χ4n) is 1.05. The van der Waals surface area contributed by atoms with E-state index in [0.717, 1.165) is 16.5 Å². The number of nitrogens with two attached hydrogens (primary N) is 1. The minimum Gasteiger partial charge on any atom is -0.375 e. The zero-order valence-corrected chi connectivity index (χ0v) is 9.96. The Kier molecular flexibility index (Phi) is 5.15. The van der Waals surface area contributed by atoms with E-state index in [-0.39, 0.29) is 6.04 Å². The molecule has 1 rings (SSSR count). The van der Waals surface area contributed by atoms with Crippen molar-refractivity contribution in [2.45, 2.75) is 26.0 Å². The minimum absolute atomic E-state index is 0.150. The summed E-state index contributed by atoms with van der Waals surface area (Å²) in [6, 6.07) is 8.20. The van der Waals surface area contributed by atoms with Crippen LogP contribution in [0.5, 0.6) is 0 Å². The number of halogens is 1. The highest BCUT2D eigenvalue weighted by molar-refractivity contribution is 9.10. The summed E-state index contributed by atoms with van der Waals surface area (Å²) in [6.45, 7) is 3.30. The molecule has 2 N–H and O–H groups in total. The van der Waals surface area contributed by atoms with Crippen molar-refractivity contribution in [1.29, 1.82) is 0 Å². The van der Waals surface area contributed by atoms with Gasteiger partial charge in [0.05, 0.1) is 13.2 Å². The van der Waals surface area contributed by atoms with Gasteiger partial charge in [0.15, 0.2) is 0 Å². The second-order valence-electron chi connectivity index (χ2n) is 3.27. The van der Waals surface area contributed by atoms with E-state index < -0.39 is 0 Å². The fraction of sp³-hybridized carbons (Fsp3) is 0.455. The van der Waals surface area contributed by atoms with Gasteiger partial charge < -0.3 is 10.5 Å². The molecule has 0 aromatic heterocycles. The molecule has 0 saturated carbocycles. The maximum atomic E-state index is 5.74. The molecule has 1 atom stereocenters. The summed E-state index contributed by atoms with van der Waals surface area (Å²) in [5.41, 5.74) is 6.90. The lowest BCUT2D eigenvalue weighted by Gasteiger charge is -2.10. The summed E-state index contributed by atoms with van der Waals surface area (Å²) >= 11 is 3.47. The molecule has 0 radical (unpaired) electrons. The Morgan fingerprint density at radius 3 is 2.79 bits per heavy atom. The highest BCUT2D eigenvalue weighted by atomic mass is 79.9. The van der Waals surface area contributed by atoms with Crippen LogP contribution in [0.4, 0.5) is 0 Å². The molecule has 1 aromatic carbocycles. The molecule has 14 heavy (non-hydrogen) atoms. The number of hydrogen-bond acceptors (Lipinski definition) is 2. The molecule has 0 bridgehead atoms. The fourth-order valence-corrected chi connectivity index (χ4v) is 1.45. The van der Waals surface area contributed by atoms with Crippen molar-refractivity contribution < 1.29 is 4.74 Å². The monoisotopic (exact) mass is 257 g/mol. The standard InChI is InChI=1S/C11H16BrNO/c1-2-10(13)8-14-7-9-5-3-4-6-11(9)12/h3-6,10H,2,7-8,13H2,1H3. The van der Waals surface area contributed by atoms with Crippen LogP contribution in [0.25, 0.3) is 0 Å². The smallest absolute Gasteiger partial charge is 0.0728 e. The molecule has 1 unspecified atom stereocenters. The predicted octanol–water partition coefficient (Wildman–Crippen LogP) is 2.70. The Hall–Kier alpha value is -0.380. The first-order valence-electron chi connectivity index (χ1n) is 4.80. The van der Waals surface area contributed by atoms with Crippen molar-refractivity contribution in [3.05, 3.63) is 34.3 Å². The van der Waals surface area contributed by atoms with Crippen molar-refractivity contribution in [2.24, 2.45) is 5.73 Å². The zero-order valence-electron chi connectivity index (χ0n) is 8.37. The van der Waals surface area contributed by atoms with Gasteiger partial charge in [0.1, 0.15) is 0 Å². The highest BCUT2D eigenvalue weighted by Crippen LogP contribution is 2.16. The molecule has 0 aliphatic rings. The van der Waals surface area contributed by atoms with Crippen molar-refractivity contribution in [1.82, 2.24) is 0 Å². The molecule has 0 aliphatic carbocycles. The van der Waals surface area contributed by atoms with Gasteiger partial charge in [-0.1, -0.05) is 41.1 Å². The summed E-state index contributed by atoms with van der Waals surface area (Å²) in [5, 5.41) is 0. The molecule has 78 valence electrons. The quantitative estimate of drug-likeness (QED) is 0.881. The third kappa shape index (κ3) is 3.78. The summed E-state index contributed by atoms with van der Waals surface area (Å²) in [4.78, 5) is 0. The average Bonchev–Trinajstić information content (AvgIpc) is 2.20. The maximum Gasteiger partial charge on any atom is 0.0728 e. The van der Waals surface area contributed by atoms with Crippen LogP contribution in [0.3, 0.4) is 0 Å². The van der Waals surface area contributed by atoms with Gasteiger partial charge in [0.25, 0.3) is 0 Å². The maximum absolute atomic E-state index is 5.74. The van der Waals surface area contributed by atoms with Crippen molar-refractivity contribution in [3.63, 3.8) is 0 Å². The van der Waals surface area contributed by atoms with E-state index in [9.17, 15) is 0 Å². The average molecular weight is 258 g/mol. The molecule has 1 aromatic rings. The normalized spacial score (nSPS) is 12.8. The van der Waals surface area contributed by atoms with E-state index in [4.69, 9.17) is 10.5 Å². The lowest BCUT2D eigenvalue weighted by Crippen LogP contribution is -2.24. The molecule has 0 amide bonds. The van der Waals surface area contributed by atoms with E-state index in [2.05, 4.69) is 22.9 Å². The van der Waals surface area contributed by atoms with Crippen LogP contribution in [-0.4, -0.2) is 12.6 Å². The third-order valence-corrected chi connectivity index (χ3v) is 2.85. The summed E-state index contributed by atoms with van der Waals surface area (Å²) in [5.74, 6) is 0. The SMILES string of the molecule is CCC(N)COCc1ccccc1Br. The number of ether oxygens (including phenoxy) is 1. The van der Waals surface area contributed by atoms with E-state index in [1.54, 1.807) is 0 Å². The largest absolute Gasteiger partial charge is 0.375 e. The topological polar surface area (TPSA) is 35.2 Å². The molecular formula is C11H16BrNO. The Bertz CT molecular complexity index is 278. The first-order chi connectivity index (χ1) is 6.74. The van der Waals surface area contributed by atoms with Crippen molar-refractivity contribution >= 4 is 15.9 Å². The lowest BCUT2D eigenvalue weighted by atomic mass is 10.2. The van der Waals surface area contributed by atoms with Crippen LogP contribution >= 0.6 is 15.9 Å². The van der Waals surface area contributed by atoms with E-state index in [0.29, 0.717) is 13.2 Å². The number of rotatable bonds is 5. The van der Waals surface area contributed by atoms with Crippen LogP contribution in [0.2, 0.25) is 0 Å². The van der Waals surface area contributed by atoms with Gasteiger partial charge in [0, 0.05) is 10.5 Å². The summed E-state index contributed by atoms with van der Waals surface area (Å²) in [6.07, 6.45) is 0.954. The molecule has 2 nitrogen and oxygen atoms in total. The molecule has 3 heteroatoms. The van der Waals surface area contributed by atoms with Gasteiger partial charge in [-0.25, -0.2) is 0 Å². The Labute approximate surface area is 93.6 Å². The second kappa shape index (κ2) is 6.17. The van der Waals surface area contributed by atoms with Crippen LogP contribution in [0, 0.1) is 0 Å². The van der Waals surface area contributed by atoms with E-state index in [1.807, 2.05) is 24.3 Å². The van der Waals surface area contributed by atoms with Crippen LogP contribution < -0.4 is 5.73 Å². The number of benzene rings is 1. The first-order valence-corrected chi connectivity index (χ1v) is 5.60. The van der Waals surface area contributed by atoms with Crippen LogP contribution in [-0.2, 0) is 11.3 Å². The molecule has 0 spiro atoms. The van der Waals surface area contributed by atoms with Gasteiger partial charge in [-0.3, -0.25) is 0 Å². The van der Waals surface area contributed by atoms with Gasteiger partial charge in [-0.05, 0) is 18.1 Å². The molecule has 0 aliphatic heterocycles. The predicted molar refractivity (Wildman–Crippen MR) is 62.1 cm³/mol. The molecule has 0 heterocycles. The highest BCUT2D eigenvalue weighted by Gasteiger charge is 2.01. The van der Waals surface area contributed by atoms with Gasteiger partial charge in [-0.15, -0.1) is 0 Å². The zero-order chi connectivity index (χ0) is 10.4.